The Balaban J connectivity index is 1.65. The SMILES string of the molecule is Cc1cccc(COc2ccccc2C(=O)OCc2ccc(C#N)cc2)c1. The molecular weight excluding hydrogens is 338 g/mol. The van der Waals surface area contributed by atoms with Crippen molar-refractivity contribution in [1.29, 1.82) is 5.26 Å². The Bertz CT molecular complexity index is 971. The first kappa shape index (κ1) is 18.2. The van der Waals surface area contributed by atoms with Crippen LogP contribution in [0.5, 0.6) is 5.75 Å². The second-order valence-electron chi connectivity index (χ2n) is 6.16. The van der Waals surface area contributed by atoms with Crippen LogP contribution in [0.2, 0.25) is 0 Å². The van der Waals surface area contributed by atoms with Gasteiger partial charge in [-0.1, -0.05) is 54.1 Å². The zero-order chi connectivity index (χ0) is 19.1. The summed E-state index contributed by atoms with van der Waals surface area (Å²) in [6.07, 6.45) is 0. The molecule has 3 aromatic carbocycles. The van der Waals surface area contributed by atoms with Crippen LogP contribution in [0.3, 0.4) is 0 Å². The fourth-order valence-corrected chi connectivity index (χ4v) is 2.63. The molecule has 0 aliphatic carbocycles. The summed E-state index contributed by atoms with van der Waals surface area (Å²) in [6, 6.07) is 24.1. The lowest BCUT2D eigenvalue weighted by Gasteiger charge is -2.12. The highest BCUT2D eigenvalue weighted by molar-refractivity contribution is 5.92. The van der Waals surface area contributed by atoms with E-state index in [0.717, 1.165) is 16.7 Å². The van der Waals surface area contributed by atoms with Gasteiger partial charge in [0, 0.05) is 0 Å². The molecule has 0 bridgehead atoms. The van der Waals surface area contributed by atoms with Crippen molar-refractivity contribution in [3.63, 3.8) is 0 Å². The quantitative estimate of drug-likeness (QED) is 0.595. The normalized spacial score (nSPS) is 10.1. The van der Waals surface area contributed by atoms with E-state index in [-0.39, 0.29) is 6.61 Å². The molecular formula is C23H19NO3. The van der Waals surface area contributed by atoms with Crippen LogP contribution < -0.4 is 4.74 Å². The number of rotatable bonds is 6. The molecule has 0 saturated carbocycles. The van der Waals surface area contributed by atoms with Crippen LogP contribution in [0.1, 0.15) is 32.6 Å². The molecule has 0 saturated heterocycles. The van der Waals surface area contributed by atoms with Crippen molar-refractivity contribution in [3.05, 3.63) is 101 Å². The molecule has 3 rings (SSSR count). The smallest absolute Gasteiger partial charge is 0.342 e. The average Bonchev–Trinajstić information content (AvgIpc) is 2.71. The molecule has 0 N–H and O–H groups in total. The first-order valence-corrected chi connectivity index (χ1v) is 8.59. The maximum atomic E-state index is 12.5. The summed E-state index contributed by atoms with van der Waals surface area (Å²) in [7, 11) is 0. The van der Waals surface area contributed by atoms with Crippen LogP contribution in [-0.2, 0) is 18.0 Å². The van der Waals surface area contributed by atoms with Gasteiger partial charge < -0.3 is 9.47 Å². The molecule has 0 atom stereocenters. The predicted molar refractivity (Wildman–Crippen MR) is 102 cm³/mol. The summed E-state index contributed by atoms with van der Waals surface area (Å²) < 4.78 is 11.2. The van der Waals surface area contributed by atoms with Crippen molar-refractivity contribution >= 4 is 5.97 Å². The number of nitrogens with zero attached hydrogens (tertiary/aromatic N) is 1. The molecule has 0 unspecified atom stereocenters. The van der Waals surface area contributed by atoms with Gasteiger partial charge in [-0.25, -0.2) is 4.79 Å². The number of hydrogen-bond acceptors (Lipinski definition) is 4. The number of ether oxygens (including phenoxy) is 2. The third kappa shape index (κ3) is 4.96. The van der Waals surface area contributed by atoms with Gasteiger partial charge in [0.1, 0.15) is 24.5 Å². The average molecular weight is 357 g/mol. The van der Waals surface area contributed by atoms with Crippen LogP contribution >= 0.6 is 0 Å². The largest absolute Gasteiger partial charge is 0.488 e. The standard InChI is InChI=1S/C23H19NO3/c1-17-5-4-6-20(13-17)16-26-22-8-3-2-7-21(22)23(25)27-15-19-11-9-18(14-24)10-12-19/h2-13H,15-16H2,1H3. The van der Waals surface area contributed by atoms with Gasteiger partial charge in [-0.15, -0.1) is 0 Å². The summed E-state index contributed by atoms with van der Waals surface area (Å²) in [4.78, 5) is 12.5. The van der Waals surface area contributed by atoms with Crippen LogP contribution in [-0.4, -0.2) is 5.97 Å². The molecule has 0 aliphatic rings. The molecule has 27 heavy (non-hydrogen) atoms. The van der Waals surface area contributed by atoms with Crippen molar-refractivity contribution in [2.75, 3.05) is 0 Å². The van der Waals surface area contributed by atoms with E-state index in [4.69, 9.17) is 14.7 Å². The number of para-hydroxylation sites is 1. The summed E-state index contributed by atoms with van der Waals surface area (Å²) in [5.41, 5.74) is 3.97. The zero-order valence-corrected chi connectivity index (χ0v) is 15.0. The highest BCUT2D eigenvalue weighted by Crippen LogP contribution is 2.21. The molecule has 4 heteroatoms. The summed E-state index contributed by atoms with van der Waals surface area (Å²) in [6.45, 7) is 2.54. The second-order valence-corrected chi connectivity index (χ2v) is 6.16. The van der Waals surface area contributed by atoms with Gasteiger partial charge in [0.2, 0.25) is 0 Å². The number of aryl methyl sites for hydroxylation is 1. The van der Waals surface area contributed by atoms with Gasteiger partial charge >= 0.3 is 5.97 Å². The Labute approximate surface area is 158 Å². The Kier molecular flexibility index (Phi) is 5.86. The van der Waals surface area contributed by atoms with Gasteiger partial charge in [0.25, 0.3) is 0 Å². The highest BCUT2D eigenvalue weighted by atomic mass is 16.5. The third-order valence-corrected chi connectivity index (χ3v) is 4.04. The Morgan fingerprint density at radius 1 is 0.926 bits per heavy atom. The molecule has 4 nitrogen and oxygen atoms in total. The summed E-state index contributed by atoms with van der Waals surface area (Å²) in [5, 5.41) is 8.82. The maximum Gasteiger partial charge on any atom is 0.342 e. The first-order valence-electron chi connectivity index (χ1n) is 8.59. The van der Waals surface area contributed by atoms with Crippen molar-refractivity contribution in [2.24, 2.45) is 0 Å². The number of carbonyl (C=O) groups excluding carboxylic acids is 1. The fourth-order valence-electron chi connectivity index (χ4n) is 2.63. The number of benzene rings is 3. The van der Waals surface area contributed by atoms with Gasteiger partial charge in [0.05, 0.1) is 11.6 Å². The van der Waals surface area contributed by atoms with Gasteiger partial charge in [-0.3, -0.25) is 0 Å². The number of hydrogen-bond donors (Lipinski definition) is 0. The van der Waals surface area contributed by atoms with Crippen molar-refractivity contribution in [2.45, 2.75) is 20.1 Å². The van der Waals surface area contributed by atoms with Gasteiger partial charge in [0.15, 0.2) is 0 Å². The Hall–Kier alpha value is -3.58. The minimum absolute atomic E-state index is 0.136. The molecule has 3 aromatic rings. The van der Waals surface area contributed by atoms with Crippen molar-refractivity contribution in [1.82, 2.24) is 0 Å². The molecule has 0 fully saturated rings. The monoisotopic (exact) mass is 357 g/mol. The predicted octanol–water partition coefficient (Wildman–Crippen LogP) is 4.80. The molecule has 0 aliphatic heterocycles. The lowest BCUT2D eigenvalue weighted by molar-refractivity contribution is 0.0467. The van der Waals surface area contributed by atoms with E-state index >= 15 is 0 Å². The van der Waals surface area contributed by atoms with E-state index in [1.807, 2.05) is 37.3 Å². The van der Waals surface area contributed by atoms with Crippen LogP contribution in [0, 0.1) is 18.3 Å². The van der Waals surface area contributed by atoms with E-state index < -0.39 is 5.97 Å². The van der Waals surface area contributed by atoms with Crippen molar-refractivity contribution < 1.29 is 14.3 Å². The van der Waals surface area contributed by atoms with E-state index in [0.29, 0.717) is 23.5 Å². The minimum Gasteiger partial charge on any atom is -0.488 e. The summed E-state index contributed by atoms with van der Waals surface area (Å²) in [5.74, 6) is 0.0445. The van der Waals surface area contributed by atoms with Crippen LogP contribution in [0.4, 0.5) is 0 Å². The Morgan fingerprint density at radius 2 is 1.70 bits per heavy atom. The van der Waals surface area contributed by atoms with Gasteiger partial charge in [-0.2, -0.15) is 5.26 Å². The van der Waals surface area contributed by atoms with E-state index in [1.54, 1.807) is 42.5 Å². The topological polar surface area (TPSA) is 59.3 Å². The van der Waals surface area contributed by atoms with Crippen molar-refractivity contribution in [3.8, 4) is 11.8 Å². The second kappa shape index (κ2) is 8.68. The fraction of sp³-hybridized carbons (Fsp3) is 0.130. The molecule has 0 radical (unpaired) electrons. The van der Waals surface area contributed by atoms with Crippen LogP contribution in [0.25, 0.3) is 0 Å². The van der Waals surface area contributed by atoms with E-state index in [2.05, 4.69) is 6.07 Å². The maximum absolute atomic E-state index is 12.5. The van der Waals surface area contributed by atoms with E-state index in [9.17, 15) is 4.79 Å². The molecule has 0 spiro atoms. The lowest BCUT2D eigenvalue weighted by Crippen LogP contribution is -2.08. The highest BCUT2D eigenvalue weighted by Gasteiger charge is 2.14. The number of esters is 1. The molecule has 0 amide bonds. The first-order chi connectivity index (χ1) is 13.2. The van der Waals surface area contributed by atoms with Crippen LogP contribution in [0.15, 0.2) is 72.8 Å². The lowest BCUT2D eigenvalue weighted by atomic mass is 10.1. The number of carbonyl (C=O) groups is 1. The van der Waals surface area contributed by atoms with E-state index in [1.165, 1.54) is 0 Å². The molecule has 134 valence electrons. The summed E-state index contributed by atoms with van der Waals surface area (Å²) >= 11 is 0. The zero-order valence-electron chi connectivity index (χ0n) is 15.0. The molecule has 0 aromatic heterocycles. The minimum atomic E-state index is -0.445. The van der Waals surface area contributed by atoms with Gasteiger partial charge in [-0.05, 0) is 42.3 Å². The molecule has 0 heterocycles. The Morgan fingerprint density at radius 3 is 2.44 bits per heavy atom. The number of nitriles is 1. The third-order valence-electron chi connectivity index (χ3n) is 4.04.